The van der Waals surface area contributed by atoms with E-state index in [0.717, 1.165) is 0 Å². The Bertz CT molecular complexity index is 1120. The minimum atomic E-state index is -0.109. The number of benzene rings is 2. The Morgan fingerprint density at radius 3 is 2.10 bits per heavy atom. The van der Waals surface area contributed by atoms with Crippen molar-refractivity contribution >= 4 is 0 Å². The molecule has 2 heterocycles. The molecular formula is C23H22N4O2. The fourth-order valence-electron chi connectivity index (χ4n) is 3.10. The summed E-state index contributed by atoms with van der Waals surface area (Å²) in [5.74, 6) is 1.90. The second-order valence-corrected chi connectivity index (χ2v) is 7.51. The second kappa shape index (κ2) is 7.47. The molecule has 0 N–H and O–H groups in total. The van der Waals surface area contributed by atoms with Crippen molar-refractivity contribution in [2.75, 3.05) is 0 Å². The Hall–Kier alpha value is -3.54. The van der Waals surface area contributed by atoms with Gasteiger partial charge in [-0.1, -0.05) is 61.0 Å². The number of hydrogen-bond acceptors (Lipinski definition) is 6. The van der Waals surface area contributed by atoms with E-state index in [9.17, 15) is 0 Å². The van der Waals surface area contributed by atoms with Crippen LogP contribution in [0, 0.1) is 13.8 Å². The fraction of sp³-hybridized carbons (Fsp3) is 0.217. The lowest BCUT2D eigenvalue weighted by Crippen LogP contribution is -2.18. The predicted octanol–water partition coefficient (Wildman–Crippen LogP) is 5.26. The summed E-state index contributed by atoms with van der Waals surface area (Å²) in [6, 6.07) is 16.7. The van der Waals surface area contributed by atoms with Gasteiger partial charge in [0.1, 0.15) is 5.75 Å². The van der Waals surface area contributed by atoms with E-state index in [2.05, 4.69) is 77.3 Å². The van der Waals surface area contributed by atoms with Crippen LogP contribution >= 0.6 is 0 Å². The first-order valence-electron chi connectivity index (χ1n) is 9.40. The highest BCUT2D eigenvalue weighted by molar-refractivity contribution is 5.46. The van der Waals surface area contributed by atoms with Crippen molar-refractivity contribution in [1.82, 2.24) is 20.1 Å². The van der Waals surface area contributed by atoms with Gasteiger partial charge in [-0.25, -0.2) is 4.98 Å². The van der Waals surface area contributed by atoms with Gasteiger partial charge in [0.15, 0.2) is 11.5 Å². The van der Waals surface area contributed by atoms with E-state index in [1.165, 1.54) is 16.7 Å². The highest BCUT2D eigenvalue weighted by Crippen LogP contribution is 2.33. The average Bonchev–Trinajstić information content (AvgIpc) is 3.15. The molecular weight excluding hydrogens is 364 g/mol. The summed E-state index contributed by atoms with van der Waals surface area (Å²) in [4.78, 5) is 12.7. The summed E-state index contributed by atoms with van der Waals surface area (Å²) in [7, 11) is 0. The van der Waals surface area contributed by atoms with Crippen LogP contribution in [-0.4, -0.2) is 20.1 Å². The molecule has 146 valence electrons. The maximum absolute atomic E-state index is 5.87. The van der Waals surface area contributed by atoms with Crippen LogP contribution < -0.4 is 4.74 Å². The first-order valence-corrected chi connectivity index (χ1v) is 9.40. The molecule has 0 bridgehead atoms. The predicted molar refractivity (Wildman–Crippen MR) is 110 cm³/mol. The molecule has 2 aromatic heterocycles. The minimum Gasteiger partial charge on any atom is -0.437 e. The number of hydrogen-bond donors (Lipinski definition) is 0. The zero-order valence-electron chi connectivity index (χ0n) is 16.9. The molecule has 6 heteroatoms. The highest BCUT2D eigenvalue weighted by Gasteiger charge is 2.23. The third-order valence-corrected chi connectivity index (χ3v) is 4.93. The van der Waals surface area contributed by atoms with Gasteiger partial charge in [0, 0.05) is 5.41 Å². The Kier molecular flexibility index (Phi) is 4.84. The molecule has 0 aliphatic carbocycles. The van der Waals surface area contributed by atoms with E-state index in [1.807, 2.05) is 12.1 Å². The average molecular weight is 386 g/mol. The number of aromatic nitrogens is 4. The number of rotatable bonds is 5. The smallest absolute Gasteiger partial charge is 0.278 e. The summed E-state index contributed by atoms with van der Waals surface area (Å²) >= 11 is 0. The molecule has 2 aromatic carbocycles. The molecule has 0 amide bonds. The monoisotopic (exact) mass is 386 g/mol. The van der Waals surface area contributed by atoms with E-state index in [4.69, 9.17) is 9.26 Å². The van der Waals surface area contributed by atoms with Crippen molar-refractivity contribution in [2.24, 2.45) is 0 Å². The molecule has 29 heavy (non-hydrogen) atoms. The van der Waals surface area contributed by atoms with Gasteiger partial charge in [0.25, 0.3) is 5.89 Å². The van der Waals surface area contributed by atoms with E-state index < -0.39 is 0 Å². The summed E-state index contributed by atoms with van der Waals surface area (Å²) in [5, 5.41) is 3.77. The quantitative estimate of drug-likeness (QED) is 0.466. The van der Waals surface area contributed by atoms with Crippen LogP contribution in [-0.2, 0) is 5.41 Å². The van der Waals surface area contributed by atoms with Crippen molar-refractivity contribution in [3.8, 4) is 23.2 Å². The normalized spacial score (nSPS) is 11.4. The minimum absolute atomic E-state index is 0.109. The molecule has 0 radical (unpaired) electrons. The third kappa shape index (κ3) is 4.01. The molecule has 0 saturated carbocycles. The number of nitrogens with zero attached hydrogens (tertiary/aromatic N) is 4. The zero-order chi connectivity index (χ0) is 20.4. The van der Waals surface area contributed by atoms with Crippen molar-refractivity contribution in [3.05, 3.63) is 83.4 Å². The van der Waals surface area contributed by atoms with Gasteiger partial charge in [-0.05, 0) is 37.1 Å². The SMILES string of the molecule is Cc1ccc(C(C)(C)c2ccc(Oc3cncc(-c4nc(C)no4)n3)cc2)cc1. The number of ether oxygens (including phenoxy) is 1. The van der Waals surface area contributed by atoms with Crippen LogP contribution in [0.25, 0.3) is 11.6 Å². The van der Waals surface area contributed by atoms with Gasteiger partial charge in [-0.3, -0.25) is 4.98 Å². The van der Waals surface area contributed by atoms with Gasteiger partial charge < -0.3 is 9.26 Å². The lowest BCUT2D eigenvalue weighted by molar-refractivity contribution is 0.421. The van der Waals surface area contributed by atoms with E-state index in [-0.39, 0.29) is 5.41 Å². The number of aryl methyl sites for hydroxylation is 2. The van der Waals surface area contributed by atoms with Gasteiger partial charge >= 0.3 is 0 Å². The van der Waals surface area contributed by atoms with Gasteiger partial charge in [-0.2, -0.15) is 4.98 Å². The van der Waals surface area contributed by atoms with Crippen LogP contribution in [0.2, 0.25) is 0 Å². The summed E-state index contributed by atoms with van der Waals surface area (Å²) < 4.78 is 11.0. The molecule has 0 aliphatic heterocycles. The highest BCUT2D eigenvalue weighted by atomic mass is 16.5. The Morgan fingerprint density at radius 2 is 1.48 bits per heavy atom. The van der Waals surface area contributed by atoms with E-state index in [1.54, 1.807) is 19.3 Å². The van der Waals surface area contributed by atoms with Crippen LogP contribution in [0.15, 0.2) is 65.4 Å². The summed E-state index contributed by atoms with van der Waals surface area (Å²) in [5.41, 5.74) is 4.09. The first kappa shape index (κ1) is 18.8. The molecule has 4 aromatic rings. The lowest BCUT2D eigenvalue weighted by atomic mass is 9.78. The lowest BCUT2D eigenvalue weighted by Gasteiger charge is -2.26. The van der Waals surface area contributed by atoms with Crippen LogP contribution in [0.5, 0.6) is 11.6 Å². The zero-order valence-corrected chi connectivity index (χ0v) is 16.9. The van der Waals surface area contributed by atoms with E-state index >= 15 is 0 Å². The molecule has 0 aliphatic rings. The Morgan fingerprint density at radius 1 is 0.828 bits per heavy atom. The summed E-state index contributed by atoms with van der Waals surface area (Å²) in [6.07, 6.45) is 3.11. The van der Waals surface area contributed by atoms with Gasteiger partial charge in [0.05, 0.1) is 12.4 Å². The Balaban J connectivity index is 1.53. The van der Waals surface area contributed by atoms with Crippen molar-refractivity contribution in [2.45, 2.75) is 33.1 Å². The maximum Gasteiger partial charge on any atom is 0.278 e. The second-order valence-electron chi connectivity index (χ2n) is 7.51. The summed E-state index contributed by atoms with van der Waals surface area (Å²) in [6.45, 7) is 8.28. The molecule has 0 atom stereocenters. The van der Waals surface area contributed by atoms with Crippen molar-refractivity contribution in [3.63, 3.8) is 0 Å². The fourth-order valence-corrected chi connectivity index (χ4v) is 3.10. The molecule has 0 fully saturated rings. The first-order chi connectivity index (χ1) is 13.9. The molecule has 4 rings (SSSR count). The largest absolute Gasteiger partial charge is 0.437 e. The topological polar surface area (TPSA) is 73.9 Å². The van der Waals surface area contributed by atoms with Crippen LogP contribution in [0.4, 0.5) is 0 Å². The standard InChI is InChI=1S/C23H22N4O2/c1-15-5-7-17(8-6-15)23(3,4)18-9-11-19(12-10-18)28-21-14-24-13-20(26-21)22-25-16(2)27-29-22/h5-14H,1-4H3. The molecule has 0 spiro atoms. The molecule has 0 unspecified atom stereocenters. The Labute approximate surface area is 169 Å². The van der Waals surface area contributed by atoms with Gasteiger partial charge in [0.2, 0.25) is 5.88 Å². The van der Waals surface area contributed by atoms with Gasteiger partial charge in [-0.15, -0.1) is 0 Å². The van der Waals surface area contributed by atoms with Crippen LogP contribution in [0.1, 0.15) is 36.4 Å². The van der Waals surface area contributed by atoms with Crippen molar-refractivity contribution in [1.29, 1.82) is 0 Å². The van der Waals surface area contributed by atoms with E-state index in [0.29, 0.717) is 29.0 Å². The van der Waals surface area contributed by atoms with Crippen LogP contribution in [0.3, 0.4) is 0 Å². The maximum atomic E-state index is 5.87. The third-order valence-electron chi connectivity index (χ3n) is 4.93. The molecule has 0 saturated heterocycles. The molecule has 6 nitrogen and oxygen atoms in total. The van der Waals surface area contributed by atoms with Crippen molar-refractivity contribution < 1.29 is 9.26 Å².